The van der Waals surface area contributed by atoms with Crippen LogP contribution in [0.4, 0.5) is 11.5 Å². The molecule has 0 unspecified atom stereocenters. The molecule has 1 heterocycles. The fourth-order valence-electron chi connectivity index (χ4n) is 1.62. The molecule has 0 atom stereocenters. The van der Waals surface area contributed by atoms with Gasteiger partial charge >= 0.3 is 0 Å². The number of aromatic nitrogens is 1. The average Bonchev–Trinajstić information content (AvgIpc) is 2.42. The van der Waals surface area contributed by atoms with Crippen LogP contribution in [0.3, 0.4) is 0 Å². The van der Waals surface area contributed by atoms with Crippen molar-refractivity contribution in [3.63, 3.8) is 0 Å². The summed E-state index contributed by atoms with van der Waals surface area (Å²) in [6.45, 7) is 1.86. The molecule has 0 saturated carbocycles. The number of benzene rings is 1. The van der Waals surface area contributed by atoms with E-state index in [1.54, 1.807) is 18.2 Å². The molecule has 0 radical (unpaired) electrons. The molecule has 0 fully saturated rings. The predicted octanol–water partition coefficient (Wildman–Crippen LogP) is 2.13. The minimum absolute atomic E-state index is 0.0564. The van der Waals surface area contributed by atoms with E-state index in [-0.39, 0.29) is 10.7 Å². The van der Waals surface area contributed by atoms with Gasteiger partial charge in [-0.1, -0.05) is 17.7 Å². The lowest BCUT2D eigenvalue weighted by atomic mass is 10.2. The quantitative estimate of drug-likeness (QED) is 0.593. The van der Waals surface area contributed by atoms with Gasteiger partial charge in [0.2, 0.25) is 0 Å². The van der Waals surface area contributed by atoms with Crippen molar-refractivity contribution < 1.29 is 8.42 Å². The Bertz CT molecular complexity index is 734. The molecule has 1 aromatic carbocycles. The van der Waals surface area contributed by atoms with Crippen molar-refractivity contribution in [3.8, 4) is 0 Å². The second kappa shape index (κ2) is 5.66. The Labute approximate surface area is 122 Å². The number of hydrogen-bond acceptors (Lipinski definition) is 5. The summed E-state index contributed by atoms with van der Waals surface area (Å²) in [5.41, 5.74) is 3.48. The fourth-order valence-corrected chi connectivity index (χ4v) is 3.16. The van der Waals surface area contributed by atoms with Crippen LogP contribution in [-0.2, 0) is 10.0 Å². The van der Waals surface area contributed by atoms with Gasteiger partial charge < -0.3 is 5.43 Å². The van der Waals surface area contributed by atoms with E-state index >= 15 is 0 Å². The average molecular weight is 313 g/mol. The van der Waals surface area contributed by atoms with E-state index < -0.39 is 10.0 Å². The van der Waals surface area contributed by atoms with Gasteiger partial charge in [-0.2, -0.15) is 0 Å². The third kappa shape index (κ3) is 3.01. The van der Waals surface area contributed by atoms with Crippen LogP contribution >= 0.6 is 11.6 Å². The minimum atomic E-state index is -3.83. The van der Waals surface area contributed by atoms with Gasteiger partial charge in [0.15, 0.2) is 5.82 Å². The first-order chi connectivity index (χ1) is 9.44. The van der Waals surface area contributed by atoms with Gasteiger partial charge in [-0.15, -0.1) is 0 Å². The number of nitrogens with one attached hydrogen (secondary N) is 2. The van der Waals surface area contributed by atoms with Crippen molar-refractivity contribution in [2.75, 3.05) is 10.1 Å². The Balaban J connectivity index is 2.41. The Hall–Kier alpha value is -1.83. The summed E-state index contributed by atoms with van der Waals surface area (Å²) in [5.74, 6) is 5.32. The standard InChI is InChI=1S/C12H13ClN4O2S/c1-8-4-5-10(9(13)7-8)17-20(18,19)11-3-2-6-15-12(11)16-14/h2-7,17H,14H2,1H3,(H,15,16). The third-order valence-electron chi connectivity index (χ3n) is 2.57. The van der Waals surface area contributed by atoms with Crippen molar-refractivity contribution in [1.29, 1.82) is 0 Å². The molecule has 106 valence electrons. The van der Waals surface area contributed by atoms with Crippen LogP contribution in [0, 0.1) is 6.92 Å². The normalized spacial score (nSPS) is 11.2. The molecular formula is C12H13ClN4O2S. The number of nitrogen functional groups attached to an aromatic ring is 1. The van der Waals surface area contributed by atoms with Gasteiger partial charge in [-0.3, -0.25) is 4.72 Å². The smallest absolute Gasteiger partial charge is 0.265 e. The van der Waals surface area contributed by atoms with Crippen LogP contribution in [0.1, 0.15) is 5.56 Å². The van der Waals surface area contributed by atoms with Crippen LogP contribution in [0.5, 0.6) is 0 Å². The van der Waals surface area contributed by atoms with Gasteiger partial charge in [0.25, 0.3) is 10.0 Å². The van der Waals surface area contributed by atoms with Crippen molar-refractivity contribution in [1.82, 2.24) is 4.98 Å². The largest absolute Gasteiger partial charge is 0.307 e. The Kier molecular flexibility index (Phi) is 4.12. The molecule has 0 aliphatic carbocycles. The minimum Gasteiger partial charge on any atom is -0.307 e. The van der Waals surface area contributed by atoms with E-state index in [0.717, 1.165) is 5.56 Å². The zero-order valence-corrected chi connectivity index (χ0v) is 12.2. The molecule has 8 heteroatoms. The molecule has 0 amide bonds. The highest BCUT2D eigenvalue weighted by Gasteiger charge is 2.20. The Morgan fingerprint density at radius 2 is 2.05 bits per heavy atom. The van der Waals surface area contributed by atoms with Crippen LogP contribution in [-0.4, -0.2) is 13.4 Å². The van der Waals surface area contributed by atoms with Crippen LogP contribution in [0.15, 0.2) is 41.4 Å². The van der Waals surface area contributed by atoms with Crippen LogP contribution in [0.2, 0.25) is 5.02 Å². The molecule has 1 aromatic heterocycles. The summed E-state index contributed by atoms with van der Waals surface area (Å²) in [4.78, 5) is 3.80. The van der Waals surface area contributed by atoms with E-state index in [0.29, 0.717) is 10.7 Å². The molecule has 2 rings (SSSR count). The number of anilines is 2. The molecule has 0 aliphatic rings. The van der Waals surface area contributed by atoms with Gasteiger partial charge in [0, 0.05) is 6.20 Å². The molecule has 0 spiro atoms. The van der Waals surface area contributed by atoms with Crippen molar-refractivity contribution in [2.24, 2.45) is 5.84 Å². The molecule has 2 aromatic rings. The maximum atomic E-state index is 12.3. The van der Waals surface area contributed by atoms with Crippen molar-refractivity contribution in [3.05, 3.63) is 47.1 Å². The number of halogens is 1. The molecular weight excluding hydrogens is 300 g/mol. The third-order valence-corrected chi connectivity index (χ3v) is 4.28. The van der Waals surface area contributed by atoms with E-state index in [2.05, 4.69) is 15.1 Å². The highest BCUT2D eigenvalue weighted by Crippen LogP contribution is 2.27. The highest BCUT2D eigenvalue weighted by molar-refractivity contribution is 7.92. The molecule has 0 aliphatic heterocycles. The zero-order chi connectivity index (χ0) is 14.8. The highest BCUT2D eigenvalue weighted by atomic mass is 35.5. The maximum absolute atomic E-state index is 12.3. The van der Waals surface area contributed by atoms with E-state index in [1.807, 2.05) is 6.92 Å². The summed E-state index contributed by atoms with van der Waals surface area (Å²) in [6, 6.07) is 7.93. The number of hydrazine groups is 1. The number of sulfonamides is 1. The van der Waals surface area contributed by atoms with Crippen molar-refractivity contribution in [2.45, 2.75) is 11.8 Å². The van der Waals surface area contributed by atoms with E-state index in [4.69, 9.17) is 17.4 Å². The van der Waals surface area contributed by atoms with E-state index in [1.165, 1.54) is 18.3 Å². The number of aryl methyl sites for hydroxylation is 1. The molecule has 4 N–H and O–H groups in total. The topological polar surface area (TPSA) is 97.1 Å². The first-order valence-corrected chi connectivity index (χ1v) is 7.51. The Morgan fingerprint density at radius 1 is 1.30 bits per heavy atom. The lowest BCUT2D eigenvalue weighted by Gasteiger charge is -2.12. The SMILES string of the molecule is Cc1ccc(NS(=O)(=O)c2cccnc2NN)c(Cl)c1. The Morgan fingerprint density at radius 3 is 2.70 bits per heavy atom. The van der Waals surface area contributed by atoms with Crippen molar-refractivity contribution >= 4 is 33.1 Å². The number of rotatable bonds is 4. The first-order valence-electron chi connectivity index (χ1n) is 5.64. The van der Waals surface area contributed by atoms with Gasteiger partial charge in [0.05, 0.1) is 10.7 Å². The predicted molar refractivity (Wildman–Crippen MR) is 79.0 cm³/mol. The molecule has 0 bridgehead atoms. The summed E-state index contributed by atoms with van der Waals surface area (Å²) < 4.78 is 27.0. The van der Waals surface area contributed by atoms with Crippen LogP contribution in [0.25, 0.3) is 0 Å². The first kappa shape index (κ1) is 14.6. The number of nitrogens with zero attached hydrogens (tertiary/aromatic N) is 1. The molecule has 0 saturated heterocycles. The number of hydrogen-bond donors (Lipinski definition) is 3. The summed E-state index contributed by atoms with van der Waals surface area (Å²) in [5, 5.41) is 0.319. The lowest BCUT2D eigenvalue weighted by Crippen LogP contribution is -2.18. The number of nitrogens with two attached hydrogens (primary N) is 1. The monoisotopic (exact) mass is 312 g/mol. The second-order valence-corrected chi connectivity index (χ2v) is 6.14. The maximum Gasteiger partial charge on any atom is 0.265 e. The molecule has 6 nitrogen and oxygen atoms in total. The lowest BCUT2D eigenvalue weighted by molar-refractivity contribution is 0.601. The summed E-state index contributed by atoms with van der Waals surface area (Å²) in [7, 11) is -3.83. The van der Waals surface area contributed by atoms with E-state index in [9.17, 15) is 8.42 Å². The van der Waals surface area contributed by atoms with Gasteiger partial charge in [-0.25, -0.2) is 19.2 Å². The fraction of sp³-hybridized carbons (Fsp3) is 0.0833. The molecule has 20 heavy (non-hydrogen) atoms. The second-order valence-electron chi connectivity index (χ2n) is 4.08. The van der Waals surface area contributed by atoms with Crippen LogP contribution < -0.4 is 16.0 Å². The number of pyridine rings is 1. The van der Waals surface area contributed by atoms with Gasteiger partial charge in [0.1, 0.15) is 4.90 Å². The zero-order valence-electron chi connectivity index (χ0n) is 10.6. The summed E-state index contributed by atoms with van der Waals surface area (Å²) >= 11 is 6.01. The summed E-state index contributed by atoms with van der Waals surface area (Å²) in [6.07, 6.45) is 1.44. The van der Waals surface area contributed by atoms with Gasteiger partial charge in [-0.05, 0) is 36.8 Å².